The molecular weight excluding hydrogens is 174 g/mol. The van der Waals surface area contributed by atoms with Crippen molar-refractivity contribution in [3.05, 3.63) is 29.8 Å². The maximum absolute atomic E-state index is 9.42. The van der Waals surface area contributed by atoms with Gasteiger partial charge in [-0.15, -0.1) is 0 Å². The van der Waals surface area contributed by atoms with Gasteiger partial charge in [-0.1, -0.05) is 17.9 Å². The van der Waals surface area contributed by atoms with Crippen molar-refractivity contribution in [3.8, 4) is 11.8 Å². The summed E-state index contributed by atoms with van der Waals surface area (Å²) in [5.74, 6) is 5.69. The standard InChI is InChI=1S/C12H15NO/c1-12(2,14)8-7-10-5-4-6-11(9-10)13-3/h4-6,9,13-14H,1-3H3. The Morgan fingerprint density at radius 2 is 2.07 bits per heavy atom. The first-order chi connectivity index (χ1) is 6.51. The molecule has 0 spiro atoms. The third-order valence-electron chi connectivity index (χ3n) is 1.66. The second-order valence-electron chi connectivity index (χ2n) is 3.64. The largest absolute Gasteiger partial charge is 0.388 e. The topological polar surface area (TPSA) is 32.3 Å². The summed E-state index contributed by atoms with van der Waals surface area (Å²) in [6, 6.07) is 7.76. The van der Waals surface area contributed by atoms with Crippen LogP contribution in [0, 0.1) is 11.8 Å². The molecule has 0 aliphatic carbocycles. The molecule has 0 aliphatic heterocycles. The summed E-state index contributed by atoms with van der Waals surface area (Å²) < 4.78 is 0. The van der Waals surface area contributed by atoms with E-state index in [2.05, 4.69) is 17.2 Å². The molecule has 1 aromatic rings. The summed E-state index contributed by atoms with van der Waals surface area (Å²) in [5.41, 5.74) is 0.988. The van der Waals surface area contributed by atoms with Gasteiger partial charge in [0.05, 0.1) is 0 Å². The van der Waals surface area contributed by atoms with E-state index in [-0.39, 0.29) is 0 Å². The van der Waals surface area contributed by atoms with E-state index in [1.807, 2.05) is 31.3 Å². The van der Waals surface area contributed by atoms with Crippen LogP contribution >= 0.6 is 0 Å². The van der Waals surface area contributed by atoms with Crippen LogP contribution in [0.2, 0.25) is 0 Å². The van der Waals surface area contributed by atoms with E-state index in [4.69, 9.17) is 0 Å². The summed E-state index contributed by atoms with van der Waals surface area (Å²) >= 11 is 0. The fourth-order valence-electron chi connectivity index (χ4n) is 0.978. The van der Waals surface area contributed by atoms with Crippen molar-refractivity contribution < 1.29 is 5.11 Å². The third-order valence-corrected chi connectivity index (χ3v) is 1.66. The summed E-state index contributed by atoms with van der Waals surface area (Å²) in [4.78, 5) is 0. The Labute approximate surface area is 85.0 Å². The average Bonchev–Trinajstić information content (AvgIpc) is 2.14. The Kier molecular flexibility index (Phi) is 3.16. The molecule has 1 rings (SSSR count). The van der Waals surface area contributed by atoms with Crippen molar-refractivity contribution in [1.29, 1.82) is 0 Å². The predicted octanol–water partition coefficient (Wildman–Crippen LogP) is 1.85. The van der Waals surface area contributed by atoms with Crippen LogP contribution in [0.5, 0.6) is 0 Å². The van der Waals surface area contributed by atoms with Crippen LogP contribution < -0.4 is 5.32 Å². The minimum Gasteiger partial charge on any atom is -0.388 e. The van der Waals surface area contributed by atoms with Crippen LogP contribution in [-0.2, 0) is 0 Å². The van der Waals surface area contributed by atoms with Gasteiger partial charge < -0.3 is 10.4 Å². The molecule has 0 fully saturated rings. The molecule has 2 heteroatoms. The zero-order valence-electron chi connectivity index (χ0n) is 8.76. The first-order valence-electron chi connectivity index (χ1n) is 4.54. The summed E-state index contributed by atoms with van der Waals surface area (Å²) in [7, 11) is 1.86. The Morgan fingerprint density at radius 3 is 2.64 bits per heavy atom. The van der Waals surface area contributed by atoms with Gasteiger partial charge in [0, 0.05) is 18.3 Å². The number of anilines is 1. The van der Waals surface area contributed by atoms with Crippen LogP contribution in [0.15, 0.2) is 24.3 Å². The highest BCUT2D eigenvalue weighted by atomic mass is 16.3. The Hall–Kier alpha value is -1.46. The molecule has 74 valence electrons. The van der Waals surface area contributed by atoms with Crippen LogP contribution in [0.1, 0.15) is 19.4 Å². The SMILES string of the molecule is CNc1cccc(C#CC(C)(C)O)c1. The van der Waals surface area contributed by atoms with Gasteiger partial charge in [-0.2, -0.15) is 0 Å². The Morgan fingerprint density at radius 1 is 1.36 bits per heavy atom. The lowest BCUT2D eigenvalue weighted by atomic mass is 10.1. The van der Waals surface area contributed by atoms with Crippen molar-refractivity contribution in [2.24, 2.45) is 0 Å². The Bertz CT molecular complexity index is 366. The van der Waals surface area contributed by atoms with Gasteiger partial charge in [0.15, 0.2) is 0 Å². The number of hydrogen-bond acceptors (Lipinski definition) is 2. The average molecular weight is 189 g/mol. The van der Waals surface area contributed by atoms with Crippen LogP contribution in [0.4, 0.5) is 5.69 Å². The molecule has 0 unspecified atom stereocenters. The Balaban J connectivity index is 2.90. The van der Waals surface area contributed by atoms with E-state index < -0.39 is 5.60 Å². The van der Waals surface area contributed by atoms with E-state index in [0.29, 0.717) is 0 Å². The third kappa shape index (κ3) is 3.51. The van der Waals surface area contributed by atoms with Crippen molar-refractivity contribution in [3.63, 3.8) is 0 Å². The monoisotopic (exact) mass is 189 g/mol. The summed E-state index contributed by atoms with van der Waals surface area (Å²) in [5, 5.41) is 12.5. The van der Waals surface area contributed by atoms with Crippen molar-refractivity contribution >= 4 is 5.69 Å². The number of benzene rings is 1. The van der Waals surface area contributed by atoms with Gasteiger partial charge in [-0.05, 0) is 32.0 Å². The molecule has 0 aliphatic rings. The van der Waals surface area contributed by atoms with Crippen molar-refractivity contribution in [1.82, 2.24) is 0 Å². The first kappa shape index (κ1) is 10.6. The smallest absolute Gasteiger partial charge is 0.120 e. The van der Waals surface area contributed by atoms with E-state index in [1.165, 1.54) is 0 Å². The lowest BCUT2D eigenvalue weighted by molar-refractivity contribution is 0.143. The highest BCUT2D eigenvalue weighted by Crippen LogP contribution is 2.08. The molecule has 2 nitrogen and oxygen atoms in total. The van der Waals surface area contributed by atoms with Crippen molar-refractivity contribution in [2.75, 3.05) is 12.4 Å². The zero-order chi connectivity index (χ0) is 10.6. The number of rotatable bonds is 1. The molecule has 0 amide bonds. The van der Waals surface area contributed by atoms with Crippen LogP contribution in [0.25, 0.3) is 0 Å². The second-order valence-corrected chi connectivity index (χ2v) is 3.64. The number of hydrogen-bond donors (Lipinski definition) is 2. The molecule has 0 heterocycles. The van der Waals surface area contributed by atoms with E-state index in [0.717, 1.165) is 11.3 Å². The van der Waals surface area contributed by atoms with E-state index in [1.54, 1.807) is 13.8 Å². The minimum absolute atomic E-state index is 0.902. The fourth-order valence-corrected chi connectivity index (χ4v) is 0.978. The molecule has 14 heavy (non-hydrogen) atoms. The molecule has 1 aromatic carbocycles. The fraction of sp³-hybridized carbons (Fsp3) is 0.333. The molecule has 0 saturated heterocycles. The molecule has 0 aromatic heterocycles. The minimum atomic E-state index is -0.935. The van der Waals surface area contributed by atoms with Gasteiger partial charge in [-0.3, -0.25) is 0 Å². The van der Waals surface area contributed by atoms with E-state index >= 15 is 0 Å². The number of nitrogens with one attached hydrogen (secondary N) is 1. The van der Waals surface area contributed by atoms with Gasteiger partial charge in [0.1, 0.15) is 5.60 Å². The van der Waals surface area contributed by atoms with Crippen LogP contribution in [-0.4, -0.2) is 17.8 Å². The highest BCUT2D eigenvalue weighted by molar-refractivity contribution is 5.50. The first-order valence-corrected chi connectivity index (χ1v) is 4.54. The maximum atomic E-state index is 9.42. The molecule has 2 N–H and O–H groups in total. The summed E-state index contributed by atoms with van der Waals surface area (Å²) in [6.07, 6.45) is 0. The molecule has 0 saturated carbocycles. The van der Waals surface area contributed by atoms with Crippen molar-refractivity contribution in [2.45, 2.75) is 19.4 Å². The zero-order valence-corrected chi connectivity index (χ0v) is 8.76. The number of aliphatic hydroxyl groups is 1. The van der Waals surface area contributed by atoms with Gasteiger partial charge >= 0.3 is 0 Å². The van der Waals surface area contributed by atoms with Gasteiger partial charge in [0.25, 0.3) is 0 Å². The van der Waals surface area contributed by atoms with Gasteiger partial charge in [-0.25, -0.2) is 0 Å². The van der Waals surface area contributed by atoms with E-state index in [9.17, 15) is 5.11 Å². The normalized spacial score (nSPS) is 10.3. The molecule has 0 radical (unpaired) electrons. The van der Waals surface area contributed by atoms with Gasteiger partial charge in [0.2, 0.25) is 0 Å². The second kappa shape index (κ2) is 4.17. The summed E-state index contributed by atoms with van der Waals surface area (Å²) in [6.45, 7) is 3.34. The maximum Gasteiger partial charge on any atom is 0.120 e. The quantitative estimate of drug-likeness (QED) is 0.661. The van der Waals surface area contributed by atoms with Crippen LogP contribution in [0.3, 0.4) is 0 Å². The molecule has 0 bridgehead atoms. The highest BCUT2D eigenvalue weighted by Gasteiger charge is 2.05. The lowest BCUT2D eigenvalue weighted by Gasteiger charge is -2.06. The lowest BCUT2D eigenvalue weighted by Crippen LogP contribution is -2.14. The molecular formula is C12H15NO. The predicted molar refractivity (Wildman–Crippen MR) is 59.2 cm³/mol. The molecule has 0 atom stereocenters.